The van der Waals surface area contributed by atoms with Crippen LogP contribution in [0, 0.1) is 20.8 Å². The molecule has 1 aromatic heterocycles. The minimum atomic E-state index is -0.435. The SMILES string of the molecule is Cc1cc(C)c(C(C)NCC(O)c2ccsc2)cc1C. The molecule has 0 amide bonds. The predicted octanol–water partition coefficient (Wildman–Crippen LogP) is 4.06. The minimum Gasteiger partial charge on any atom is -0.387 e. The minimum absolute atomic E-state index is 0.239. The maximum atomic E-state index is 10.1. The average Bonchev–Trinajstić information content (AvgIpc) is 2.94. The first-order valence-corrected chi connectivity index (χ1v) is 7.94. The van der Waals surface area contributed by atoms with Crippen LogP contribution >= 0.6 is 11.3 Å². The van der Waals surface area contributed by atoms with Crippen LogP contribution < -0.4 is 5.32 Å². The lowest BCUT2D eigenvalue weighted by molar-refractivity contribution is 0.171. The number of aliphatic hydroxyl groups is 1. The lowest BCUT2D eigenvalue weighted by atomic mass is 9.96. The lowest BCUT2D eigenvalue weighted by Crippen LogP contribution is -2.25. The van der Waals surface area contributed by atoms with Gasteiger partial charge >= 0.3 is 0 Å². The van der Waals surface area contributed by atoms with E-state index in [0.29, 0.717) is 6.54 Å². The molecule has 0 radical (unpaired) electrons. The maximum Gasteiger partial charge on any atom is 0.0922 e. The Kier molecular flexibility index (Phi) is 4.97. The highest BCUT2D eigenvalue weighted by atomic mass is 32.1. The van der Waals surface area contributed by atoms with Crippen molar-refractivity contribution in [3.63, 3.8) is 0 Å². The highest BCUT2D eigenvalue weighted by Crippen LogP contribution is 2.22. The summed E-state index contributed by atoms with van der Waals surface area (Å²) in [7, 11) is 0. The van der Waals surface area contributed by atoms with Gasteiger partial charge in [-0.15, -0.1) is 0 Å². The van der Waals surface area contributed by atoms with Crippen LogP contribution in [0.25, 0.3) is 0 Å². The van der Waals surface area contributed by atoms with Crippen LogP contribution in [0.3, 0.4) is 0 Å². The van der Waals surface area contributed by atoms with Crippen molar-refractivity contribution in [2.75, 3.05) is 6.54 Å². The number of rotatable bonds is 5. The summed E-state index contributed by atoms with van der Waals surface area (Å²) in [5, 5.41) is 17.5. The predicted molar refractivity (Wildman–Crippen MR) is 86.3 cm³/mol. The van der Waals surface area contributed by atoms with Crippen LogP contribution in [0.4, 0.5) is 0 Å². The first-order chi connectivity index (χ1) is 9.49. The smallest absolute Gasteiger partial charge is 0.0922 e. The number of aliphatic hydroxyl groups excluding tert-OH is 1. The summed E-state index contributed by atoms with van der Waals surface area (Å²) < 4.78 is 0. The molecule has 3 heteroatoms. The molecular formula is C17H23NOS. The van der Waals surface area contributed by atoms with Crippen LogP contribution in [-0.2, 0) is 0 Å². The van der Waals surface area contributed by atoms with Gasteiger partial charge in [0.1, 0.15) is 0 Å². The summed E-state index contributed by atoms with van der Waals surface area (Å²) in [6.07, 6.45) is -0.435. The van der Waals surface area contributed by atoms with E-state index in [1.54, 1.807) is 11.3 Å². The van der Waals surface area contributed by atoms with E-state index in [0.717, 1.165) is 5.56 Å². The van der Waals surface area contributed by atoms with Crippen LogP contribution in [0.15, 0.2) is 29.0 Å². The Morgan fingerprint density at radius 3 is 2.50 bits per heavy atom. The molecule has 1 aromatic carbocycles. The summed E-state index contributed by atoms with van der Waals surface area (Å²) in [5.74, 6) is 0. The molecule has 108 valence electrons. The van der Waals surface area contributed by atoms with Gasteiger partial charge in [0.25, 0.3) is 0 Å². The molecular weight excluding hydrogens is 266 g/mol. The first kappa shape index (κ1) is 15.2. The van der Waals surface area contributed by atoms with E-state index in [1.165, 1.54) is 22.3 Å². The molecule has 0 fully saturated rings. The third-order valence-electron chi connectivity index (χ3n) is 3.89. The van der Waals surface area contributed by atoms with Crippen molar-refractivity contribution in [2.24, 2.45) is 0 Å². The highest BCUT2D eigenvalue weighted by molar-refractivity contribution is 7.07. The van der Waals surface area contributed by atoms with Gasteiger partial charge in [0, 0.05) is 12.6 Å². The van der Waals surface area contributed by atoms with Crippen molar-refractivity contribution in [2.45, 2.75) is 39.8 Å². The lowest BCUT2D eigenvalue weighted by Gasteiger charge is -2.20. The van der Waals surface area contributed by atoms with Gasteiger partial charge in [-0.1, -0.05) is 12.1 Å². The molecule has 2 N–H and O–H groups in total. The fourth-order valence-electron chi connectivity index (χ4n) is 2.43. The molecule has 20 heavy (non-hydrogen) atoms. The van der Waals surface area contributed by atoms with Gasteiger partial charge in [-0.05, 0) is 72.3 Å². The molecule has 0 spiro atoms. The van der Waals surface area contributed by atoms with Crippen LogP contribution in [0.5, 0.6) is 0 Å². The standard InChI is InChI=1S/C17H23NOS/c1-11-7-13(3)16(8-12(11)2)14(4)18-9-17(19)15-5-6-20-10-15/h5-8,10,14,17-19H,9H2,1-4H3. The summed E-state index contributed by atoms with van der Waals surface area (Å²) in [4.78, 5) is 0. The van der Waals surface area contributed by atoms with Crippen molar-refractivity contribution < 1.29 is 5.11 Å². The monoisotopic (exact) mass is 289 g/mol. The largest absolute Gasteiger partial charge is 0.387 e. The molecule has 1 heterocycles. The molecule has 0 aliphatic rings. The average molecular weight is 289 g/mol. The highest BCUT2D eigenvalue weighted by Gasteiger charge is 2.13. The molecule has 2 rings (SSSR count). The van der Waals surface area contributed by atoms with E-state index in [-0.39, 0.29) is 6.04 Å². The number of thiophene rings is 1. The van der Waals surface area contributed by atoms with E-state index < -0.39 is 6.10 Å². The van der Waals surface area contributed by atoms with E-state index >= 15 is 0 Å². The molecule has 2 aromatic rings. The summed E-state index contributed by atoms with van der Waals surface area (Å²) in [6.45, 7) is 9.16. The number of nitrogens with one attached hydrogen (secondary N) is 1. The molecule has 2 unspecified atom stereocenters. The van der Waals surface area contributed by atoms with Crippen molar-refractivity contribution in [1.82, 2.24) is 5.32 Å². The van der Waals surface area contributed by atoms with Gasteiger partial charge in [-0.2, -0.15) is 11.3 Å². The van der Waals surface area contributed by atoms with Gasteiger partial charge in [-0.25, -0.2) is 0 Å². The van der Waals surface area contributed by atoms with E-state index in [4.69, 9.17) is 0 Å². The van der Waals surface area contributed by atoms with Crippen LogP contribution in [0.2, 0.25) is 0 Å². The third kappa shape index (κ3) is 3.48. The van der Waals surface area contributed by atoms with Crippen molar-refractivity contribution >= 4 is 11.3 Å². The topological polar surface area (TPSA) is 32.3 Å². The number of aryl methyl sites for hydroxylation is 3. The van der Waals surface area contributed by atoms with Crippen LogP contribution in [-0.4, -0.2) is 11.7 Å². The summed E-state index contributed by atoms with van der Waals surface area (Å²) in [6, 6.07) is 6.70. The zero-order valence-corrected chi connectivity index (χ0v) is 13.4. The second-order valence-electron chi connectivity index (χ2n) is 5.50. The van der Waals surface area contributed by atoms with Crippen LogP contribution in [0.1, 0.15) is 46.9 Å². The second-order valence-corrected chi connectivity index (χ2v) is 6.28. The van der Waals surface area contributed by atoms with E-state index in [2.05, 4.69) is 45.1 Å². The van der Waals surface area contributed by atoms with E-state index in [1.807, 2.05) is 16.8 Å². The Morgan fingerprint density at radius 2 is 1.85 bits per heavy atom. The fraction of sp³-hybridized carbons (Fsp3) is 0.412. The molecule has 2 atom stereocenters. The Morgan fingerprint density at radius 1 is 1.15 bits per heavy atom. The second kappa shape index (κ2) is 6.53. The summed E-state index contributed by atoms with van der Waals surface area (Å²) in [5.41, 5.74) is 6.25. The summed E-state index contributed by atoms with van der Waals surface area (Å²) >= 11 is 1.62. The molecule has 0 saturated heterocycles. The Hall–Kier alpha value is -1.16. The zero-order valence-electron chi connectivity index (χ0n) is 12.6. The molecule has 0 aliphatic carbocycles. The number of benzene rings is 1. The fourth-order valence-corrected chi connectivity index (χ4v) is 3.14. The van der Waals surface area contributed by atoms with Gasteiger partial charge in [-0.3, -0.25) is 0 Å². The third-order valence-corrected chi connectivity index (χ3v) is 4.60. The van der Waals surface area contributed by atoms with Crippen molar-refractivity contribution in [1.29, 1.82) is 0 Å². The molecule has 2 nitrogen and oxygen atoms in total. The molecule has 0 saturated carbocycles. The Balaban J connectivity index is 2.02. The van der Waals surface area contributed by atoms with Gasteiger partial charge in [0.05, 0.1) is 6.10 Å². The van der Waals surface area contributed by atoms with Gasteiger partial charge < -0.3 is 10.4 Å². The Bertz CT molecular complexity index is 563. The number of hydrogen-bond acceptors (Lipinski definition) is 3. The zero-order chi connectivity index (χ0) is 14.7. The van der Waals surface area contributed by atoms with Crippen molar-refractivity contribution in [3.8, 4) is 0 Å². The molecule has 0 aliphatic heterocycles. The van der Waals surface area contributed by atoms with Gasteiger partial charge in [0.15, 0.2) is 0 Å². The normalized spacial score (nSPS) is 14.2. The van der Waals surface area contributed by atoms with E-state index in [9.17, 15) is 5.11 Å². The molecule has 0 bridgehead atoms. The Labute approximate surface area is 125 Å². The number of hydrogen-bond donors (Lipinski definition) is 2. The first-order valence-electron chi connectivity index (χ1n) is 7.00. The quantitative estimate of drug-likeness (QED) is 0.870. The van der Waals surface area contributed by atoms with Gasteiger partial charge in [0.2, 0.25) is 0 Å². The maximum absolute atomic E-state index is 10.1. The van der Waals surface area contributed by atoms with Crippen molar-refractivity contribution in [3.05, 3.63) is 56.8 Å².